The second kappa shape index (κ2) is 8.22. The third-order valence-electron chi connectivity index (χ3n) is 5.39. The molecule has 0 radical (unpaired) electrons. The van der Waals surface area contributed by atoms with Gasteiger partial charge in [-0.15, -0.1) is 0 Å². The first kappa shape index (κ1) is 18.2. The Bertz CT molecular complexity index is 987. The summed E-state index contributed by atoms with van der Waals surface area (Å²) in [4.78, 5) is 0. The molecule has 0 aromatic heterocycles. The number of rotatable bonds is 5. The second-order valence-electron chi connectivity index (χ2n) is 6.95. The third-order valence-corrected chi connectivity index (χ3v) is 10.3. The SMILES string of the molecule is N#Cc1ccccc1C[PH](c1ccccc1)(c1ccccc1)c1ccccc1. The van der Waals surface area contributed by atoms with E-state index in [9.17, 15) is 5.26 Å². The molecular formula is C26H22NP. The molecule has 4 aromatic rings. The Kier molecular flexibility index (Phi) is 5.34. The zero-order valence-corrected chi connectivity index (χ0v) is 16.6. The van der Waals surface area contributed by atoms with Crippen molar-refractivity contribution in [1.82, 2.24) is 0 Å². The van der Waals surface area contributed by atoms with Crippen LogP contribution in [-0.2, 0) is 6.16 Å². The number of hydrogen-bond donors (Lipinski definition) is 0. The molecule has 4 aromatic carbocycles. The molecule has 4 rings (SSSR count). The predicted octanol–water partition coefficient (Wildman–Crippen LogP) is 4.78. The molecule has 0 spiro atoms. The van der Waals surface area contributed by atoms with Crippen LogP contribution in [0.4, 0.5) is 0 Å². The molecule has 0 aliphatic heterocycles. The van der Waals surface area contributed by atoms with E-state index in [1.165, 1.54) is 15.9 Å². The molecule has 0 saturated heterocycles. The first-order valence-corrected chi connectivity index (χ1v) is 11.7. The van der Waals surface area contributed by atoms with Gasteiger partial charge in [0.05, 0.1) is 0 Å². The molecule has 1 nitrogen and oxygen atoms in total. The summed E-state index contributed by atoms with van der Waals surface area (Å²) < 4.78 is 0. The summed E-state index contributed by atoms with van der Waals surface area (Å²) in [6.45, 7) is 0. The van der Waals surface area contributed by atoms with Crippen molar-refractivity contribution in [2.45, 2.75) is 6.16 Å². The minimum atomic E-state index is -2.36. The molecule has 28 heavy (non-hydrogen) atoms. The van der Waals surface area contributed by atoms with Gasteiger partial charge in [-0.1, -0.05) is 0 Å². The zero-order valence-electron chi connectivity index (χ0n) is 15.6. The quantitative estimate of drug-likeness (QED) is 0.458. The van der Waals surface area contributed by atoms with Gasteiger partial charge in [-0.05, 0) is 0 Å². The van der Waals surface area contributed by atoms with Crippen LogP contribution in [0, 0.1) is 11.3 Å². The van der Waals surface area contributed by atoms with E-state index in [4.69, 9.17) is 0 Å². The van der Waals surface area contributed by atoms with Crippen molar-refractivity contribution in [2.75, 3.05) is 0 Å². The van der Waals surface area contributed by atoms with Crippen molar-refractivity contribution >= 4 is 23.2 Å². The van der Waals surface area contributed by atoms with Crippen molar-refractivity contribution in [3.05, 3.63) is 126 Å². The average molecular weight is 379 g/mol. The van der Waals surface area contributed by atoms with Crippen molar-refractivity contribution in [1.29, 1.82) is 5.26 Å². The first-order valence-electron chi connectivity index (χ1n) is 9.49. The van der Waals surface area contributed by atoms with Gasteiger partial charge in [0.15, 0.2) is 0 Å². The second-order valence-corrected chi connectivity index (χ2v) is 10.8. The van der Waals surface area contributed by atoms with E-state index in [1.807, 2.05) is 18.2 Å². The Morgan fingerprint density at radius 3 is 1.36 bits per heavy atom. The van der Waals surface area contributed by atoms with Crippen LogP contribution in [-0.4, -0.2) is 0 Å². The number of nitriles is 1. The van der Waals surface area contributed by atoms with E-state index >= 15 is 0 Å². The molecule has 0 bridgehead atoms. The topological polar surface area (TPSA) is 23.8 Å². The van der Waals surface area contributed by atoms with Crippen LogP contribution in [0.5, 0.6) is 0 Å². The molecule has 0 saturated carbocycles. The first-order chi connectivity index (χ1) is 13.8. The van der Waals surface area contributed by atoms with Gasteiger partial charge < -0.3 is 0 Å². The summed E-state index contributed by atoms with van der Waals surface area (Å²) in [5.74, 6) is 0. The van der Waals surface area contributed by atoms with Gasteiger partial charge in [0.25, 0.3) is 0 Å². The van der Waals surface area contributed by atoms with Crippen LogP contribution < -0.4 is 15.9 Å². The third kappa shape index (κ3) is 3.36. The minimum absolute atomic E-state index is 0.766. The monoisotopic (exact) mass is 379 g/mol. The summed E-state index contributed by atoms with van der Waals surface area (Å²) in [5.41, 5.74) is 1.88. The van der Waals surface area contributed by atoms with Crippen LogP contribution in [0.1, 0.15) is 11.1 Å². The molecule has 0 fully saturated rings. The van der Waals surface area contributed by atoms with Gasteiger partial charge in [-0.2, -0.15) is 0 Å². The van der Waals surface area contributed by atoms with E-state index in [1.54, 1.807) is 0 Å². The molecule has 0 heterocycles. The van der Waals surface area contributed by atoms with E-state index < -0.39 is 7.26 Å². The van der Waals surface area contributed by atoms with Gasteiger partial charge in [-0.3, -0.25) is 0 Å². The van der Waals surface area contributed by atoms with Gasteiger partial charge in [-0.25, -0.2) is 0 Å². The molecular weight excluding hydrogens is 357 g/mol. The number of benzene rings is 4. The molecule has 0 amide bonds. The van der Waals surface area contributed by atoms with Crippen LogP contribution in [0.2, 0.25) is 0 Å². The zero-order chi connectivity index (χ0) is 19.2. The molecule has 0 aliphatic carbocycles. The maximum absolute atomic E-state index is 9.69. The molecule has 0 aliphatic rings. The standard InChI is InChI=1S/C26H22NP/c27-20-22-12-10-11-13-23(22)21-28(24-14-4-1-5-15-24,25-16-6-2-7-17-25)26-18-8-3-9-19-26/h1-19,28H,21H2. The van der Waals surface area contributed by atoms with E-state index in [-0.39, 0.29) is 0 Å². The molecule has 0 atom stereocenters. The van der Waals surface area contributed by atoms with E-state index in [2.05, 4.69) is 103 Å². The van der Waals surface area contributed by atoms with E-state index in [0.717, 1.165) is 17.3 Å². The van der Waals surface area contributed by atoms with Crippen molar-refractivity contribution in [3.8, 4) is 6.07 Å². The van der Waals surface area contributed by atoms with Gasteiger partial charge in [0.2, 0.25) is 0 Å². The van der Waals surface area contributed by atoms with Crippen LogP contribution in [0.3, 0.4) is 0 Å². The van der Waals surface area contributed by atoms with E-state index in [0.29, 0.717) is 0 Å². The van der Waals surface area contributed by atoms with Gasteiger partial charge in [0.1, 0.15) is 0 Å². The molecule has 136 valence electrons. The summed E-state index contributed by atoms with van der Waals surface area (Å²) in [6, 6.07) is 42.9. The van der Waals surface area contributed by atoms with Crippen LogP contribution in [0.15, 0.2) is 115 Å². The van der Waals surface area contributed by atoms with Gasteiger partial charge >= 0.3 is 167 Å². The normalized spacial score (nSPS) is 11.5. The van der Waals surface area contributed by atoms with Crippen molar-refractivity contribution in [3.63, 3.8) is 0 Å². The average Bonchev–Trinajstić information content (AvgIpc) is 2.79. The van der Waals surface area contributed by atoms with Crippen molar-refractivity contribution < 1.29 is 0 Å². The summed E-state index contributed by atoms with van der Waals surface area (Å²) in [5, 5.41) is 13.8. The molecule has 0 N–H and O–H groups in total. The molecule has 2 heteroatoms. The van der Waals surface area contributed by atoms with Gasteiger partial charge in [0, 0.05) is 0 Å². The fourth-order valence-electron chi connectivity index (χ4n) is 4.04. The maximum atomic E-state index is 9.69. The number of hydrogen-bond acceptors (Lipinski definition) is 1. The fraction of sp³-hybridized carbons (Fsp3) is 0.0385. The fourth-order valence-corrected chi connectivity index (χ4v) is 8.82. The Balaban J connectivity index is 2.03. The predicted molar refractivity (Wildman–Crippen MR) is 121 cm³/mol. The molecule has 0 unspecified atom stereocenters. The van der Waals surface area contributed by atoms with Crippen LogP contribution >= 0.6 is 7.26 Å². The summed E-state index contributed by atoms with van der Waals surface area (Å²) >= 11 is 0. The Labute approximate surface area is 167 Å². The van der Waals surface area contributed by atoms with Crippen LogP contribution in [0.25, 0.3) is 0 Å². The number of nitrogens with zero attached hydrogens (tertiary/aromatic N) is 1. The Hall–Kier alpha value is -3.20. The summed E-state index contributed by atoms with van der Waals surface area (Å²) in [6.07, 6.45) is 0.856. The summed E-state index contributed by atoms with van der Waals surface area (Å²) in [7, 11) is -2.36. The Morgan fingerprint density at radius 2 is 0.929 bits per heavy atom. The Morgan fingerprint density at radius 1 is 0.536 bits per heavy atom. The van der Waals surface area contributed by atoms with Crippen molar-refractivity contribution in [2.24, 2.45) is 0 Å².